The Balaban J connectivity index is 1.71. The first-order valence-electron chi connectivity index (χ1n) is 9.56. The molecule has 0 aliphatic rings. The van der Waals surface area contributed by atoms with Gasteiger partial charge in [-0.05, 0) is 42.0 Å². The number of carbonyl (C=O) groups is 1. The Morgan fingerprint density at radius 1 is 0.886 bits per heavy atom. The molecule has 35 heavy (non-hydrogen) atoms. The Labute approximate surface area is 190 Å². The van der Waals surface area contributed by atoms with E-state index in [9.17, 15) is 45.0 Å². The van der Waals surface area contributed by atoms with Crippen molar-refractivity contribution in [2.24, 2.45) is 0 Å². The van der Waals surface area contributed by atoms with E-state index >= 15 is 0 Å². The van der Waals surface area contributed by atoms with Gasteiger partial charge in [-0.15, -0.1) is 0 Å². The Bertz CT molecular complexity index is 1430. The number of rotatable bonds is 4. The van der Waals surface area contributed by atoms with Gasteiger partial charge in [-0.2, -0.15) is 13.2 Å². The quantitative estimate of drug-likeness (QED) is 0.221. The van der Waals surface area contributed by atoms with Crippen LogP contribution in [0, 0.1) is 29.1 Å². The molecule has 4 aromatic rings. The first-order valence-corrected chi connectivity index (χ1v) is 9.56. The molecule has 1 amide bonds. The summed E-state index contributed by atoms with van der Waals surface area (Å²) in [6.45, 7) is -0.415. The van der Waals surface area contributed by atoms with E-state index in [2.05, 4.69) is 4.98 Å². The van der Waals surface area contributed by atoms with Gasteiger partial charge < -0.3 is 10.4 Å². The van der Waals surface area contributed by atoms with Crippen LogP contribution in [-0.2, 0) is 12.8 Å². The van der Waals surface area contributed by atoms with Crippen molar-refractivity contribution in [3.05, 3.63) is 88.5 Å². The van der Waals surface area contributed by atoms with Crippen LogP contribution in [-0.4, -0.2) is 20.6 Å². The van der Waals surface area contributed by atoms with Crippen LogP contribution in [0.15, 0.2) is 42.5 Å². The third kappa shape index (κ3) is 4.18. The van der Waals surface area contributed by atoms with Gasteiger partial charge in [-0.25, -0.2) is 26.9 Å². The predicted octanol–water partition coefficient (Wildman–Crippen LogP) is 5.48. The molecule has 1 heterocycles. The number of hydrogen-bond donors (Lipinski definition) is 2. The average Bonchev–Trinajstić information content (AvgIpc) is 3.21. The number of carbonyl (C=O) groups excluding carboxylic acids is 1. The molecule has 0 saturated heterocycles. The van der Waals surface area contributed by atoms with Crippen molar-refractivity contribution < 1.29 is 45.0 Å². The predicted molar refractivity (Wildman–Crippen MR) is 106 cm³/mol. The summed E-state index contributed by atoms with van der Waals surface area (Å²) < 4.78 is 109. The monoisotopic (exact) mass is 501 g/mol. The van der Waals surface area contributed by atoms with Crippen LogP contribution < -0.4 is 5.32 Å². The van der Waals surface area contributed by atoms with Gasteiger partial charge in [0.2, 0.25) is 11.6 Å². The minimum Gasteiger partial charge on any atom is -0.392 e. The molecular weight excluding hydrogens is 490 g/mol. The third-order valence-corrected chi connectivity index (χ3v) is 4.98. The van der Waals surface area contributed by atoms with Crippen LogP contribution in [0.5, 0.6) is 0 Å². The molecule has 5 nitrogen and oxygen atoms in total. The van der Waals surface area contributed by atoms with E-state index in [0.29, 0.717) is 5.56 Å². The number of aromatic nitrogens is 2. The Morgan fingerprint density at radius 2 is 1.46 bits per heavy atom. The molecule has 182 valence electrons. The highest BCUT2D eigenvalue weighted by atomic mass is 19.4. The minimum absolute atomic E-state index is 0.0485. The highest BCUT2D eigenvalue weighted by molar-refractivity contribution is 6.04. The van der Waals surface area contributed by atoms with Crippen LogP contribution in [0.1, 0.15) is 21.7 Å². The molecule has 0 aliphatic carbocycles. The summed E-state index contributed by atoms with van der Waals surface area (Å²) in [5, 5.41) is 11.1. The first kappa shape index (κ1) is 24.1. The summed E-state index contributed by atoms with van der Waals surface area (Å²) in [5.41, 5.74) is -1.65. The Kier molecular flexibility index (Phi) is 5.97. The molecule has 3 aromatic carbocycles. The van der Waals surface area contributed by atoms with Crippen molar-refractivity contribution in [2.45, 2.75) is 12.8 Å². The zero-order valence-corrected chi connectivity index (χ0v) is 17.0. The third-order valence-electron chi connectivity index (χ3n) is 4.98. The number of nitrogens with zero attached hydrogens (tertiary/aromatic N) is 2. The molecule has 1 aromatic heterocycles. The molecule has 0 fully saturated rings. The summed E-state index contributed by atoms with van der Waals surface area (Å²) in [5.74, 6) is -14.7. The number of aliphatic hydroxyl groups is 1. The Morgan fingerprint density at radius 3 is 2.00 bits per heavy atom. The van der Waals surface area contributed by atoms with Gasteiger partial charge in [0.15, 0.2) is 23.3 Å². The molecule has 4 rings (SSSR count). The standard InChI is InChI=1S/C22H11F8N3O2/c23-15-14(16(24)18(26)19(27)17(15)25)20(35)31-10-2-4-11(5-3-10)33-13-6-1-9(8-34)7-12(13)32-21(33)22(28,29)30/h1-7,34H,8H2,(H,31,35). The van der Waals surface area contributed by atoms with E-state index in [4.69, 9.17) is 0 Å². The minimum atomic E-state index is -4.86. The lowest BCUT2D eigenvalue weighted by Crippen LogP contribution is -2.19. The number of nitrogens with one attached hydrogen (secondary N) is 1. The average molecular weight is 501 g/mol. The summed E-state index contributed by atoms with van der Waals surface area (Å²) >= 11 is 0. The number of halogens is 8. The summed E-state index contributed by atoms with van der Waals surface area (Å²) in [7, 11) is 0. The number of imidazole rings is 1. The van der Waals surface area contributed by atoms with Gasteiger partial charge >= 0.3 is 6.18 Å². The number of anilines is 1. The van der Waals surface area contributed by atoms with Gasteiger partial charge in [0.05, 0.1) is 17.6 Å². The number of alkyl halides is 3. The number of fused-ring (bicyclic) bond motifs is 1. The highest BCUT2D eigenvalue weighted by Crippen LogP contribution is 2.34. The SMILES string of the molecule is O=C(Nc1ccc(-n2c(C(F)(F)F)nc3cc(CO)ccc32)cc1)c1c(F)c(F)c(F)c(F)c1F. The van der Waals surface area contributed by atoms with Gasteiger partial charge in [0.1, 0.15) is 5.56 Å². The lowest BCUT2D eigenvalue weighted by molar-refractivity contribution is -0.145. The van der Waals surface area contributed by atoms with Gasteiger partial charge in [-0.3, -0.25) is 9.36 Å². The number of benzene rings is 3. The molecule has 0 unspecified atom stereocenters. The van der Waals surface area contributed by atoms with E-state index in [0.717, 1.165) is 28.8 Å². The maximum absolute atomic E-state index is 13.9. The van der Waals surface area contributed by atoms with Crippen LogP contribution in [0.4, 0.5) is 40.8 Å². The molecule has 2 N–H and O–H groups in total. The normalized spacial score (nSPS) is 11.8. The fraction of sp³-hybridized carbons (Fsp3) is 0.0909. The van der Waals surface area contributed by atoms with E-state index in [1.807, 2.05) is 5.32 Å². The Hall–Kier alpha value is -4.00. The molecule has 0 radical (unpaired) electrons. The lowest BCUT2D eigenvalue weighted by atomic mass is 10.1. The molecule has 0 bridgehead atoms. The number of aliphatic hydroxyl groups excluding tert-OH is 1. The van der Waals surface area contributed by atoms with Crippen LogP contribution in [0.3, 0.4) is 0 Å². The van der Waals surface area contributed by atoms with Crippen molar-refractivity contribution in [2.75, 3.05) is 5.32 Å². The van der Waals surface area contributed by atoms with E-state index in [1.165, 1.54) is 18.2 Å². The first-order chi connectivity index (χ1) is 16.4. The van der Waals surface area contributed by atoms with Crippen molar-refractivity contribution in [1.29, 1.82) is 0 Å². The summed E-state index contributed by atoms with van der Waals surface area (Å²) in [4.78, 5) is 15.8. The van der Waals surface area contributed by atoms with Crippen molar-refractivity contribution in [1.82, 2.24) is 9.55 Å². The van der Waals surface area contributed by atoms with E-state index < -0.39 is 59.2 Å². The zero-order valence-electron chi connectivity index (χ0n) is 17.0. The molecule has 0 atom stereocenters. The molecule has 13 heteroatoms. The molecule has 0 saturated carbocycles. The van der Waals surface area contributed by atoms with Gasteiger partial charge in [0, 0.05) is 11.4 Å². The van der Waals surface area contributed by atoms with Crippen molar-refractivity contribution in [3.63, 3.8) is 0 Å². The smallest absolute Gasteiger partial charge is 0.392 e. The lowest BCUT2D eigenvalue weighted by Gasteiger charge is -2.13. The van der Waals surface area contributed by atoms with Gasteiger partial charge in [-0.1, -0.05) is 6.07 Å². The van der Waals surface area contributed by atoms with E-state index in [1.54, 1.807) is 0 Å². The van der Waals surface area contributed by atoms with Crippen LogP contribution in [0.2, 0.25) is 0 Å². The van der Waals surface area contributed by atoms with Crippen molar-refractivity contribution in [3.8, 4) is 5.69 Å². The van der Waals surface area contributed by atoms with E-state index in [-0.39, 0.29) is 22.4 Å². The molecular formula is C22H11F8N3O2. The fourth-order valence-corrected chi connectivity index (χ4v) is 3.37. The summed E-state index contributed by atoms with van der Waals surface area (Å²) in [6, 6.07) is 8.36. The van der Waals surface area contributed by atoms with Crippen LogP contribution >= 0.6 is 0 Å². The zero-order chi connectivity index (χ0) is 25.7. The number of amides is 1. The molecule has 0 aliphatic heterocycles. The van der Waals surface area contributed by atoms with Crippen LogP contribution in [0.25, 0.3) is 16.7 Å². The summed E-state index contributed by atoms with van der Waals surface area (Å²) in [6.07, 6.45) is -4.86. The maximum atomic E-state index is 13.9. The largest absolute Gasteiger partial charge is 0.450 e. The second kappa shape index (κ2) is 8.65. The highest BCUT2D eigenvalue weighted by Gasteiger charge is 2.38. The second-order valence-electron chi connectivity index (χ2n) is 7.20. The second-order valence-corrected chi connectivity index (χ2v) is 7.20. The maximum Gasteiger partial charge on any atom is 0.450 e. The van der Waals surface area contributed by atoms with Crippen molar-refractivity contribution >= 4 is 22.6 Å². The topological polar surface area (TPSA) is 67.2 Å². The fourth-order valence-electron chi connectivity index (χ4n) is 3.37. The van der Waals surface area contributed by atoms with Gasteiger partial charge in [0.25, 0.3) is 5.91 Å². The molecule has 0 spiro atoms. The number of hydrogen-bond acceptors (Lipinski definition) is 3.